The number of benzene rings is 7. The number of halogens is 6. The van der Waals surface area contributed by atoms with Crippen LogP contribution >= 0.6 is 27.5 Å². The third kappa shape index (κ3) is 17.6. The topological polar surface area (TPSA) is 234 Å². The van der Waals surface area contributed by atoms with Crippen LogP contribution in [0.25, 0.3) is 65.7 Å². The van der Waals surface area contributed by atoms with Gasteiger partial charge in [0.2, 0.25) is 0 Å². The number of hydrogen-bond donors (Lipinski definition) is 3. The molecule has 0 spiro atoms. The molecule has 0 saturated carbocycles. The Morgan fingerprint density at radius 2 is 0.830 bits per heavy atom. The van der Waals surface area contributed by atoms with Crippen molar-refractivity contribution in [3.63, 3.8) is 0 Å². The smallest absolute Gasteiger partial charge is 0.341 e. The van der Waals surface area contributed by atoms with E-state index in [1.54, 1.807) is 103 Å². The fraction of sp³-hybridized carbons (Fsp3) is 0.372. The van der Waals surface area contributed by atoms with Gasteiger partial charge in [-0.2, -0.15) is 0 Å². The third-order valence-electron chi connectivity index (χ3n) is 19.5. The van der Waals surface area contributed by atoms with Crippen LogP contribution in [0.1, 0.15) is 158 Å². The van der Waals surface area contributed by atoms with E-state index in [4.69, 9.17) is 44.8 Å². The Kier molecular flexibility index (Phi) is 26.5. The second-order valence-corrected chi connectivity index (χ2v) is 31.8. The Hall–Kier alpha value is -9.19. The minimum atomic E-state index is -1.54. The summed E-state index contributed by atoms with van der Waals surface area (Å²) >= 11 is 9.23. The summed E-state index contributed by atoms with van der Waals surface area (Å²) in [6, 6.07) is 25.7. The number of methoxy groups -OCH3 is 1. The van der Waals surface area contributed by atoms with Crippen molar-refractivity contribution in [1.82, 2.24) is 13.7 Å². The number of carbonyl (C=O) groups excluding carboxylic acids is 1. The van der Waals surface area contributed by atoms with Gasteiger partial charge in [-0.05, 0) is 238 Å². The van der Waals surface area contributed by atoms with Gasteiger partial charge >= 0.3 is 17.9 Å². The first-order chi connectivity index (χ1) is 51.7. The Bertz CT molecular complexity index is 5590. The van der Waals surface area contributed by atoms with E-state index < -0.39 is 81.9 Å². The molecular weight excluding hydrogens is 1630 g/mol. The minimum Gasteiger partial charge on any atom is -0.490 e. The first-order valence-electron chi connectivity index (χ1n) is 36.0. The van der Waals surface area contributed by atoms with Gasteiger partial charge in [0, 0.05) is 107 Å². The largest absolute Gasteiger partial charge is 0.490 e. The van der Waals surface area contributed by atoms with E-state index in [0.29, 0.717) is 133 Å². The number of nitrogens with zero attached hydrogens (tertiary/aromatic N) is 3. The molecule has 3 aliphatic rings. The summed E-state index contributed by atoms with van der Waals surface area (Å²) in [6.07, 6.45) is 0.00580. The quantitative estimate of drug-likeness (QED) is 0.0521. The van der Waals surface area contributed by atoms with E-state index in [1.165, 1.54) is 65.2 Å². The zero-order chi connectivity index (χ0) is 80.2. The van der Waals surface area contributed by atoms with Crippen molar-refractivity contribution in [1.29, 1.82) is 0 Å². The first-order valence-corrected chi connectivity index (χ1v) is 37.1. The molecule has 0 bridgehead atoms. The fourth-order valence-corrected chi connectivity index (χ4v) is 15.2. The molecule has 3 aliphatic heterocycles. The molecule has 0 saturated heterocycles. The summed E-state index contributed by atoms with van der Waals surface area (Å²) in [4.78, 5) is 78.7. The molecule has 0 fully saturated rings. The standard InChI is InChI=1S/C32H31ClF2N2O5.C27H30FNO5.C26H27BrFNO5.CH4.Pd/c1-16-19-7-6-12-41-28(19)25(35)15-21(16)26-20-10-8-17(36-18-9-11-23(33)24(34)14-18)13-22(20)30(38)37(5)27(26)29(31(39)40)42-32(2,3)4;1-15-16-12-9-13-33-23(16)20(28)14-19(15)21-17-10-7-8-11-18(17)25(30)29(5)22(21)24(26(31)32-6)34-27(2,3)4;1-13-15-7-6-10-33-22(15)19(28)12-17(13)20-16-9-8-14(27)11-18(16)24(30)29(5)21(20)23(25(31)32)34-26(2,3)4;;/h8-11,13-15,29,36H,6-7,12H2,1-5H3,(H,39,40);7-8,10-11,14,24H,9,12-13H2,1-6H3;8-9,11-12,23H,6-7,10H2,1-5H3,(H,31,32);1H4;/t29-;24-;23-;;/m000../s1. The van der Waals surface area contributed by atoms with Crippen LogP contribution in [0.3, 0.4) is 0 Å². The molecule has 26 heteroatoms. The van der Waals surface area contributed by atoms with Gasteiger partial charge in [0.1, 0.15) is 5.82 Å². The van der Waals surface area contributed by atoms with Gasteiger partial charge in [-0.15, -0.1) is 0 Å². The molecule has 6 heterocycles. The van der Waals surface area contributed by atoms with Crippen LogP contribution in [0.5, 0.6) is 17.2 Å². The van der Waals surface area contributed by atoms with Crippen LogP contribution in [0.4, 0.5) is 28.9 Å². The maximum Gasteiger partial charge on any atom is 0.341 e. The Morgan fingerprint density at radius 3 is 1.21 bits per heavy atom. The number of aliphatic carboxylic acids is 2. The number of carboxylic acid groups (broad SMARTS) is 2. The molecule has 7 aromatic carbocycles. The van der Waals surface area contributed by atoms with Crippen molar-refractivity contribution in [2.45, 2.75) is 164 Å². The number of carboxylic acids is 2. The van der Waals surface area contributed by atoms with Crippen LogP contribution < -0.4 is 36.2 Å². The van der Waals surface area contributed by atoms with E-state index in [1.807, 2.05) is 53.7 Å². The second kappa shape index (κ2) is 34.3. The number of nitrogens with one attached hydrogen (secondary N) is 1. The second-order valence-electron chi connectivity index (χ2n) is 30.5. The fourth-order valence-electron chi connectivity index (χ4n) is 14.7. The van der Waals surface area contributed by atoms with Crippen LogP contribution in [-0.4, -0.2) is 85.6 Å². The zero-order valence-electron chi connectivity index (χ0n) is 64.5. The predicted octanol–water partition coefficient (Wildman–Crippen LogP) is 18.8. The molecule has 19 nitrogen and oxygen atoms in total. The number of hydrogen-bond acceptors (Lipinski definition) is 14. The minimum absolute atomic E-state index is 0. The first kappa shape index (κ1) is 86.8. The molecule has 0 radical (unpaired) electrons. The molecule has 0 aliphatic carbocycles. The van der Waals surface area contributed by atoms with Crippen LogP contribution in [0, 0.1) is 44.0 Å². The van der Waals surface area contributed by atoms with Crippen LogP contribution in [-0.2, 0) is 94.2 Å². The van der Waals surface area contributed by atoms with Crippen molar-refractivity contribution in [2.24, 2.45) is 21.1 Å². The summed E-state index contributed by atoms with van der Waals surface area (Å²) in [5.41, 5.74) is 5.56. The summed E-state index contributed by atoms with van der Waals surface area (Å²) in [7, 11) is 5.88. The van der Waals surface area contributed by atoms with Crippen molar-refractivity contribution in [3.8, 4) is 50.6 Å². The predicted molar refractivity (Wildman–Crippen MR) is 427 cm³/mol. The van der Waals surface area contributed by atoms with Crippen molar-refractivity contribution in [3.05, 3.63) is 211 Å². The van der Waals surface area contributed by atoms with Gasteiger partial charge in [-0.1, -0.05) is 65.3 Å². The number of ether oxygens (including phenoxy) is 7. The van der Waals surface area contributed by atoms with Gasteiger partial charge in [0.05, 0.1) is 65.8 Å². The number of anilines is 2. The molecule has 598 valence electrons. The summed E-state index contributed by atoms with van der Waals surface area (Å²) in [6.45, 7) is 22.9. The molecule has 0 unspecified atom stereocenters. The average Bonchev–Trinajstić information content (AvgIpc) is 0.741. The van der Waals surface area contributed by atoms with Crippen LogP contribution in [0.2, 0.25) is 5.02 Å². The molecule has 0 amide bonds. The Morgan fingerprint density at radius 1 is 0.491 bits per heavy atom. The molecule has 3 aromatic heterocycles. The Balaban J connectivity index is 0.000000193. The number of fused-ring (bicyclic) bond motifs is 6. The van der Waals surface area contributed by atoms with Gasteiger partial charge in [-0.3, -0.25) is 14.4 Å². The molecule has 3 atom stereocenters. The number of carbonyl (C=O) groups is 3. The van der Waals surface area contributed by atoms with Gasteiger partial charge in [0.15, 0.2) is 53.0 Å². The van der Waals surface area contributed by atoms with E-state index in [0.717, 1.165) is 40.7 Å². The number of aromatic nitrogens is 3. The molecule has 13 rings (SSSR count). The normalized spacial score (nSPS) is 14.0. The third-order valence-corrected chi connectivity index (χ3v) is 20.3. The van der Waals surface area contributed by atoms with Crippen molar-refractivity contribution >= 4 is 89.1 Å². The number of rotatable bonds is 14. The molecular formula is C86H92BrClF4N4O15Pd. The van der Waals surface area contributed by atoms with Gasteiger partial charge in [-0.25, -0.2) is 31.9 Å². The molecule has 112 heavy (non-hydrogen) atoms. The van der Waals surface area contributed by atoms with Gasteiger partial charge in [0.25, 0.3) is 16.7 Å². The van der Waals surface area contributed by atoms with Crippen molar-refractivity contribution in [2.75, 3.05) is 32.2 Å². The van der Waals surface area contributed by atoms with E-state index in [9.17, 15) is 43.4 Å². The summed E-state index contributed by atoms with van der Waals surface area (Å²) in [5.74, 6) is -4.59. The van der Waals surface area contributed by atoms with Gasteiger partial charge < -0.3 is 62.4 Å². The maximum absolute atomic E-state index is 15.5. The summed E-state index contributed by atoms with van der Waals surface area (Å²) < 4.78 is 105. The monoisotopic (exact) mass is 1720 g/mol. The maximum atomic E-state index is 15.5. The number of pyridine rings is 3. The number of esters is 1. The zero-order valence-corrected chi connectivity index (χ0v) is 68.4. The molecule has 10 aromatic rings. The van der Waals surface area contributed by atoms with E-state index >= 15 is 13.2 Å². The SMILES string of the molecule is C.COC(=O)[C@@H](OC(C)(C)C)c1c(-c2cc(F)c3c(c2C)CCCO3)c2ccccc2c(=O)n1C.Cc1c(-c2c([C@H](OC(C)(C)C)C(=O)O)n(C)c(=O)c3cc(Br)ccc23)cc(F)c2c1CCCO2.Cc1c(-c2c([C@H](OC(C)(C)C)C(=O)O)n(C)c(=O)c3cc(Nc4ccc(Cl)c(F)c4)ccc23)cc(F)c2c1CCCO2.[Pd]. The van der Waals surface area contributed by atoms with Crippen LogP contribution in [0.15, 0.2) is 116 Å². The van der Waals surface area contributed by atoms with Crippen molar-refractivity contribution < 1.29 is 95.7 Å². The van der Waals surface area contributed by atoms with E-state index in [2.05, 4.69) is 21.2 Å². The summed E-state index contributed by atoms with van der Waals surface area (Å²) in [5, 5.41) is 26.2. The average molecular weight is 1720 g/mol. The molecule has 3 N–H and O–H groups in total. The van der Waals surface area contributed by atoms with E-state index in [-0.39, 0.29) is 78.0 Å². The Labute approximate surface area is 673 Å².